The summed E-state index contributed by atoms with van der Waals surface area (Å²) in [6.07, 6.45) is 1.91. The lowest BCUT2D eigenvalue weighted by Gasteiger charge is -2.47. The van der Waals surface area contributed by atoms with Crippen molar-refractivity contribution in [1.29, 1.82) is 0 Å². The molecule has 0 fully saturated rings. The van der Waals surface area contributed by atoms with Crippen LogP contribution in [-0.2, 0) is 29.1 Å². The second kappa shape index (κ2) is 17.3. The molecule has 4 aromatic rings. The molecule has 0 spiro atoms. The quantitative estimate of drug-likeness (QED) is 0.0905. The Labute approximate surface area is 278 Å². The van der Waals surface area contributed by atoms with E-state index in [1.54, 1.807) is 22.0 Å². The largest absolute Gasteiger partial charge is 0.497 e. The third-order valence-corrected chi connectivity index (χ3v) is 8.52. The van der Waals surface area contributed by atoms with Gasteiger partial charge in [0.25, 0.3) is 0 Å². The minimum Gasteiger partial charge on any atom is -0.497 e. The maximum Gasteiger partial charge on any atom is 0.332 e. The van der Waals surface area contributed by atoms with Crippen molar-refractivity contribution in [3.63, 3.8) is 0 Å². The first-order chi connectivity index (χ1) is 22.7. The molecule has 0 saturated heterocycles. The van der Waals surface area contributed by atoms with E-state index in [2.05, 4.69) is 47.5 Å². The van der Waals surface area contributed by atoms with Gasteiger partial charge in [-0.25, -0.2) is 4.79 Å². The van der Waals surface area contributed by atoms with Gasteiger partial charge in [0.2, 0.25) is 6.41 Å². The van der Waals surface area contributed by atoms with Crippen LogP contribution in [0, 0.1) is 0 Å². The van der Waals surface area contributed by atoms with Crippen LogP contribution in [0.3, 0.4) is 0 Å². The first-order valence-electron chi connectivity index (χ1n) is 16.1. The molecule has 0 aliphatic carbocycles. The average molecular weight is 638 g/mol. The Kier molecular flexibility index (Phi) is 12.9. The maximum absolute atomic E-state index is 13.9. The van der Waals surface area contributed by atoms with Crippen LogP contribution in [0.1, 0.15) is 37.5 Å². The van der Waals surface area contributed by atoms with Crippen LogP contribution in [0.5, 0.6) is 5.75 Å². The van der Waals surface area contributed by atoms with Crippen LogP contribution in [0.2, 0.25) is 0 Å². The lowest BCUT2D eigenvalue weighted by molar-refractivity contribution is -0.135. The lowest BCUT2D eigenvalue weighted by Crippen LogP contribution is -2.65. The molecule has 0 aromatic heterocycles. The van der Waals surface area contributed by atoms with Crippen molar-refractivity contribution in [2.45, 2.75) is 58.5 Å². The number of methoxy groups -OCH3 is 1. The molecule has 3 amide bonds. The molecule has 0 saturated carbocycles. The standard InChI is InChI=1S/C38H47N5O4/c1-29(2)43(38(46)39-25-32-18-20-35(47-5)21-19-32)42(22-23-44)37(40(4)30(3)24-31-12-7-6-8-13-31)27-41(28-45)26-34-16-11-15-33-14-9-10-17-36(33)34/h6-21,23,28-30,37H,22,24-27H2,1-5H3,(H,39,46)/t30-,37+/m1/s1. The minimum atomic E-state index is -0.506. The van der Waals surface area contributed by atoms with E-state index in [9.17, 15) is 14.4 Å². The second-order valence-electron chi connectivity index (χ2n) is 12.1. The zero-order valence-electron chi connectivity index (χ0n) is 28.1. The number of fused-ring (bicyclic) bond motifs is 1. The highest BCUT2D eigenvalue weighted by atomic mass is 16.5. The van der Waals surface area contributed by atoms with E-state index in [4.69, 9.17) is 4.74 Å². The molecule has 2 atom stereocenters. The van der Waals surface area contributed by atoms with Gasteiger partial charge in [0.1, 0.15) is 12.0 Å². The van der Waals surface area contributed by atoms with E-state index in [0.29, 0.717) is 13.1 Å². The number of carbonyl (C=O) groups is 3. The number of likely N-dealkylation sites (N-methyl/N-ethyl adjacent to an activating group) is 1. The van der Waals surface area contributed by atoms with Crippen molar-refractivity contribution in [2.75, 3.05) is 27.2 Å². The summed E-state index contributed by atoms with van der Waals surface area (Å²) in [6.45, 7) is 6.85. The van der Waals surface area contributed by atoms with Gasteiger partial charge in [0.15, 0.2) is 0 Å². The van der Waals surface area contributed by atoms with E-state index < -0.39 is 6.17 Å². The lowest BCUT2D eigenvalue weighted by atomic mass is 10.0. The number of urea groups is 1. The molecule has 0 heterocycles. The zero-order chi connectivity index (χ0) is 33.8. The molecule has 9 nitrogen and oxygen atoms in total. The fourth-order valence-electron chi connectivity index (χ4n) is 5.91. The number of aldehydes is 1. The Morgan fingerprint density at radius 3 is 2.19 bits per heavy atom. The summed E-state index contributed by atoms with van der Waals surface area (Å²) in [7, 11) is 3.60. The Morgan fingerprint density at radius 1 is 0.851 bits per heavy atom. The molecule has 1 N–H and O–H groups in total. The molecule has 4 rings (SSSR count). The van der Waals surface area contributed by atoms with Crippen molar-refractivity contribution < 1.29 is 19.1 Å². The zero-order valence-corrected chi connectivity index (χ0v) is 28.1. The van der Waals surface area contributed by atoms with Crippen LogP contribution < -0.4 is 10.1 Å². The van der Waals surface area contributed by atoms with Gasteiger partial charge in [0.05, 0.1) is 26.4 Å². The molecule has 248 valence electrons. The summed E-state index contributed by atoms with van der Waals surface area (Å²) in [5.41, 5.74) is 3.11. The number of hydrogen-bond acceptors (Lipinski definition) is 6. The van der Waals surface area contributed by atoms with Gasteiger partial charge >= 0.3 is 6.03 Å². The van der Waals surface area contributed by atoms with Crippen LogP contribution in [0.15, 0.2) is 97.1 Å². The number of nitrogens with one attached hydrogen (secondary N) is 1. The van der Waals surface area contributed by atoms with Crippen molar-refractivity contribution in [3.05, 3.63) is 114 Å². The van der Waals surface area contributed by atoms with Gasteiger partial charge in [-0.05, 0) is 73.8 Å². The number of hydrogen-bond donors (Lipinski definition) is 1. The third kappa shape index (κ3) is 9.40. The van der Waals surface area contributed by atoms with Gasteiger partial charge in [-0.3, -0.25) is 14.7 Å². The van der Waals surface area contributed by atoms with Crippen LogP contribution in [-0.4, -0.2) is 84.0 Å². The van der Waals surface area contributed by atoms with Crippen LogP contribution >= 0.6 is 0 Å². The van der Waals surface area contributed by atoms with E-state index in [1.807, 2.05) is 87.6 Å². The molecule has 47 heavy (non-hydrogen) atoms. The van der Waals surface area contributed by atoms with Crippen molar-refractivity contribution >= 4 is 29.5 Å². The van der Waals surface area contributed by atoms with Gasteiger partial charge in [-0.2, -0.15) is 5.01 Å². The summed E-state index contributed by atoms with van der Waals surface area (Å²) in [4.78, 5) is 42.8. The van der Waals surface area contributed by atoms with Crippen molar-refractivity contribution in [3.8, 4) is 5.75 Å². The van der Waals surface area contributed by atoms with Gasteiger partial charge < -0.3 is 19.7 Å². The Morgan fingerprint density at radius 2 is 1.53 bits per heavy atom. The SMILES string of the molecule is COc1ccc(CNC(=O)N(C(C)C)N(CC=O)[C@@H](CN(C=O)Cc2cccc3ccccc23)N(C)[C@H](C)Cc2ccccc2)cc1. The topological polar surface area (TPSA) is 85.4 Å². The fourth-order valence-corrected chi connectivity index (χ4v) is 5.91. The summed E-state index contributed by atoms with van der Waals surface area (Å²) in [5, 5.41) is 8.61. The van der Waals surface area contributed by atoms with Crippen LogP contribution in [0.4, 0.5) is 4.79 Å². The summed E-state index contributed by atoms with van der Waals surface area (Å²) in [5.74, 6) is 0.736. The van der Waals surface area contributed by atoms with Crippen molar-refractivity contribution in [1.82, 2.24) is 25.1 Å². The Balaban J connectivity index is 1.65. The fraction of sp³-hybridized carbons (Fsp3) is 0.342. The predicted molar refractivity (Wildman–Crippen MR) is 187 cm³/mol. The second-order valence-corrected chi connectivity index (χ2v) is 12.1. The highest BCUT2D eigenvalue weighted by Gasteiger charge is 2.35. The van der Waals surface area contributed by atoms with Gasteiger partial charge in [0, 0.05) is 25.2 Å². The normalized spacial score (nSPS) is 12.6. The highest BCUT2D eigenvalue weighted by molar-refractivity contribution is 5.85. The smallest absolute Gasteiger partial charge is 0.332 e. The molecule has 0 bridgehead atoms. The Bertz CT molecular complexity index is 1580. The molecule has 4 aromatic carbocycles. The average Bonchev–Trinajstić information content (AvgIpc) is 3.09. The number of carbonyl (C=O) groups excluding carboxylic acids is 3. The van der Waals surface area contributed by atoms with Gasteiger partial charge in [-0.1, -0.05) is 84.9 Å². The number of rotatable bonds is 17. The van der Waals surface area contributed by atoms with E-state index in [1.165, 1.54) is 5.56 Å². The molecular weight excluding hydrogens is 590 g/mol. The molecular formula is C38H47N5O4. The Hall–Kier alpha value is -4.73. The molecule has 0 unspecified atom stereocenters. The number of hydrazine groups is 1. The van der Waals surface area contributed by atoms with Crippen molar-refractivity contribution in [2.24, 2.45) is 0 Å². The first kappa shape index (κ1) is 35.1. The molecule has 9 heteroatoms. The third-order valence-electron chi connectivity index (χ3n) is 8.52. The minimum absolute atomic E-state index is 0.0129. The highest BCUT2D eigenvalue weighted by Crippen LogP contribution is 2.22. The number of ether oxygens (including phenoxy) is 1. The predicted octanol–water partition coefficient (Wildman–Crippen LogP) is 5.73. The van der Waals surface area contributed by atoms with Gasteiger partial charge in [-0.15, -0.1) is 0 Å². The summed E-state index contributed by atoms with van der Waals surface area (Å²) in [6, 6.07) is 31.3. The van der Waals surface area contributed by atoms with Crippen LogP contribution in [0.25, 0.3) is 10.8 Å². The summed E-state index contributed by atoms with van der Waals surface area (Å²) < 4.78 is 5.26. The summed E-state index contributed by atoms with van der Waals surface area (Å²) >= 11 is 0. The number of benzene rings is 4. The molecule has 0 radical (unpaired) electrons. The monoisotopic (exact) mass is 637 g/mol. The van der Waals surface area contributed by atoms with E-state index >= 15 is 0 Å². The maximum atomic E-state index is 13.9. The van der Waals surface area contributed by atoms with E-state index in [-0.39, 0.29) is 31.2 Å². The number of nitrogens with zero attached hydrogens (tertiary/aromatic N) is 4. The molecule has 0 aliphatic heterocycles. The number of amides is 3. The first-order valence-corrected chi connectivity index (χ1v) is 16.1. The van der Waals surface area contributed by atoms with E-state index in [0.717, 1.165) is 46.8 Å². The molecule has 0 aliphatic rings.